The molecule has 0 radical (unpaired) electrons. The van der Waals surface area contributed by atoms with Gasteiger partial charge in [0.25, 0.3) is 0 Å². The number of methoxy groups -OCH3 is 1. The van der Waals surface area contributed by atoms with Gasteiger partial charge in [-0.2, -0.15) is 0 Å². The lowest BCUT2D eigenvalue weighted by Gasteiger charge is -2.08. The molecular weight excluding hydrogens is 242 g/mol. The third-order valence-corrected chi connectivity index (χ3v) is 3.12. The van der Waals surface area contributed by atoms with Crippen molar-refractivity contribution in [2.75, 3.05) is 20.7 Å². The van der Waals surface area contributed by atoms with Crippen LogP contribution in [0.15, 0.2) is 30.3 Å². The first-order valence-electron chi connectivity index (χ1n) is 6.38. The van der Waals surface area contributed by atoms with Crippen LogP contribution in [-0.2, 0) is 14.3 Å². The van der Waals surface area contributed by atoms with Gasteiger partial charge in [-0.3, -0.25) is 9.59 Å². The van der Waals surface area contributed by atoms with Crippen molar-refractivity contribution >= 4 is 11.9 Å². The minimum Gasteiger partial charge on any atom is -0.469 e. The van der Waals surface area contributed by atoms with Gasteiger partial charge in [0.05, 0.1) is 19.4 Å². The van der Waals surface area contributed by atoms with Crippen LogP contribution in [0.5, 0.6) is 0 Å². The van der Waals surface area contributed by atoms with Crippen LogP contribution in [0.1, 0.15) is 18.4 Å². The van der Waals surface area contributed by atoms with E-state index in [1.807, 2.05) is 18.2 Å². The number of esters is 1. The average Bonchev–Trinajstić information content (AvgIpc) is 2.72. The maximum absolute atomic E-state index is 11.3. The predicted molar refractivity (Wildman–Crippen MR) is 73.6 cm³/mol. The van der Waals surface area contributed by atoms with Crippen LogP contribution in [0.3, 0.4) is 0 Å². The highest BCUT2D eigenvalue weighted by molar-refractivity contribution is 5.85. The number of aryl methyl sites for hydroxylation is 1. The van der Waals surface area contributed by atoms with Gasteiger partial charge in [-0.05, 0) is 13.3 Å². The number of nitrogens with zero attached hydrogens (tertiary/aromatic N) is 1. The van der Waals surface area contributed by atoms with E-state index in [9.17, 15) is 9.59 Å². The van der Waals surface area contributed by atoms with E-state index >= 15 is 0 Å². The molecule has 1 aromatic carbocycles. The van der Waals surface area contributed by atoms with Crippen LogP contribution in [-0.4, -0.2) is 37.5 Å². The van der Waals surface area contributed by atoms with E-state index in [2.05, 4.69) is 23.8 Å². The van der Waals surface area contributed by atoms with Gasteiger partial charge in [0.2, 0.25) is 5.91 Å². The van der Waals surface area contributed by atoms with E-state index in [1.165, 1.54) is 12.7 Å². The second kappa shape index (κ2) is 7.56. The highest BCUT2D eigenvalue weighted by Crippen LogP contribution is 2.19. The predicted octanol–water partition coefficient (Wildman–Crippen LogP) is 2.02. The van der Waals surface area contributed by atoms with Gasteiger partial charge in [-0.25, -0.2) is 0 Å². The SMILES string of the molecule is COC(=O)CC1CCN(C)C1=O.Cc1ccccc1. The Morgan fingerprint density at radius 2 is 2.00 bits per heavy atom. The molecule has 2 rings (SSSR count). The van der Waals surface area contributed by atoms with Gasteiger partial charge < -0.3 is 9.64 Å². The van der Waals surface area contributed by atoms with Crippen molar-refractivity contribution in [2.24, 2.45) is 5.92 Å². The zero-order valence-corrected chi connectivity index (χ0v) is 11.8. The summed E-state index contributed by atoms with van der Waals surface area (Å²) >= 11 is 0. The van der Waals surface area contributed by atoms with Crippen molar-refractivity contribution in [3.8, 4) is 0 Å². The van der Waals surface area contributed by atoms with Crippen LogP contribution < -0.4 is 0 Å². The van der Waals surface area contributed by atoms with Gasteiger partial charge in [0.1, 0.15) is 0 Å². The molecule has 1 heterocycles. The number of carbonyl (C=O) groups is 2. The number of carbonyl (C=O) groups excluding carboxylic acids is 2. The van der Waals surface area contributed by atoms with Crippen LogP contribution in [0, 0.1) is 12.8 Å². The number of amides is 1. The smallest absolute Gasteiger partial charge is 0.306 e. The van der Waals surface area contributed by atoms with Gasteiger partial charge >= 0.3 is 5.97 Å². The van der Waals surface area contributed by atoms with Gasteiger partial charge in [0, 0.05) is 13.6 Å². The van der Waals surface area contributed by atoms with E-state index in [-0.39, 0.29) is 24.2 Å². The number of rotatable bonds is 2. The van der Waals surface area contributed by atoms with Gasteiger partial charge in [0.15, 0.2) is 0 Å². The van der Waals surface area contributed by atoms with Gasteiger partial charge in [-0.1, -0.05) is 35.9 Å². The topological polar surface area (TPSA) is 46.6 Å². The standard InChI is InChI=1S/C8H13NO3.C7H8/c1-9-4-3-6(8(9)11)5-7(10)12-2;1-7-5-3-2-4-6-7/h6H,3-5H2,1-2H3;2-6H,1H3. The molecule has 19 heavy (non-hydrogen) atoms. The second-order valence-electron chi connectivity index (χ2n) is 4.68. The summed E-state index contributed by atoms with van der Waals surface area (Å²) in [6.45, 7) is 2.83. The lowest BCUT2D eigenvalue weighted by atomic mass is 10.0. The molecule has 0 N–H and O–H groups in total. The Morgan fingerprint density at radius 3 is 2.37 bits per heavy atom. The molecule has 0 saturated carbocycles. The largest absolute Gasteiger partial charge is 0.469 e. The fourth-order valence-electron chi connectivity index (χ4n) is 1.90. The number of hydrogen-bond acceptors (Lipinski definition) is 3. The fraction of sp³-hybridized carbons (Fsp3) is 0.467. The second-order valence-corrected chi connectivity index (χ2v) is 4.68. The minimum atomic E-state index is -0.302. The van der Waals surface area contributed by atoms with E-state index < -0.39 is 0 Å². The maximum Gasteiger partial charge on any atom is 0.306 e. The molecule has 1 amide bonds. The molecule has 1 saturated heterocycles. The first-order chi connectivity index (χ1) is 9.04. The molecule has 0 aliphatic carbocycles. The summed E-state index contributed by atoms with van der Waals surface area (Å²) in [6, 6.07) is 10.3. The molecule has 4 heteroatoms. The Balaban J connectivity index is 0.000000218. The summed E-state index contributed by atoms with van der Waals surface area (Å²) in [4.78, 5) is 23.7. The van der Waals surface area contributed by atoms with E-state index in [0.29, 0.717) is 0 Å². The van der Waals surface area contributed by atoms with E-state index in [1.54, 1.807) is 11.9 Å². The molecular formula is C15H21NO3. The van der Waals surface area contributed by atoms with Crippen molar-refractivity contribution < 1.29 is 14.3 Å². The quantitative estimate of drug-likeness (QED) is 0.767. The zero-order valence-electron chi connectivity index (χ0n) is 11.8. The molecule has 0 bridgehead atoms. The molecule has 1 aliphatic rings. The van der Waals surface area contributed by atoms with Crippen LogP contribution in [0.4, 0.5) is 0 Å². The Labute approximate surface area is 114 Å². The van der Waals surface area contributed by atoms with Crippen molar-refractivity contribution in [1.82, 2.24) is 4.90 Å². The van der Waals surface area contributed by atoms with Crippen molar-refractivity contribution in [3.63, 3.8) is 0 Å². The summed E-state index contributed by atoms with van der Waals surface area (Å²) in [5.41, 5.74) is 1.32. The molecule has 104 valence electrons. The number of hydrogen-bond donors (Lipinski definition) is 0. The number of benzene rings is 1. The lowest BCUT2D eigenvalue weighted by molar-refractivity contribution is -0.144. The van der Waals surface area contributed by atoms with E-state index in [4.69, 9.17) is 0 Å². The normalized spacial score (nSPS) is 17.7. The molecule has 1 atom stereocenters. The Hall–Kier alpha value is -1.84. The molecule has 0 spiro atoms. The molecule has 1 fully saturated rings. The third-order valence-electron chi connectivity index (χ3n) is 3.12. The van der Waals surface area contributed by atoms with Crippen LogP contribution >= 0.6 is 0 Å². The van der Waals surface area contributed by atoms with Crippen molar-refractivity contribution in [1.29, 1.82) is 0 Å². The zero-order chi connectivity index (χ0) is 14.3. The highest BCUT2D eigenvalue weighted by Gasteiger charge is 2.30. The number of ether oxygens (including phenoxy) is 1. The van der Waals surface area contributed by atoms with Crippen molar-refractivity contribution in [3.05, 3.63) is 35.9 Å². The Kier molecular flexibility index (Phi) is 6.06. The molecule has 4 nitrogen and oxygen atoms in total. The molecule has 1 unspecified atom stereocenters. The summed E-state index contributed by atoms with van der Waals surface area (Å²) in [5, 5.41) is 0. The molecule has 0 aromatic heterocycles. The monoisotopic (exact) mass is 263 g/mol. The van der Waals surface area contributed by atoms with Gasteiger partial charge in [-0.15, -0.1) is 0 Å². The third kappa shape index (κ3) is 5.12. The van der Waals surface area contributed by atoms with Crippen LogP contribution in [0.2, 0.25) is 0 Å². The fourth-order valence-corrected chi connectivity index (χ4v) is 1.90. The minimum absolute atomic E-state index is 0.0559. The van der Waals surface area contributed by atoms with E-state index in [0.717, 1.165) is 13.0 Å². The molecule has 1 aromatic rings. The summed E-state index contributed by atoms with van der Waals surface area (Å²) in [6.07, 6.45) is 0.990. The maximum atomic E-state index is 11.3. The van der Waals surface area contributed by atoms with Crippen molar-refractivity contribution in [2.45, 2.75) is 19.8 Å². The molecule has 1 aliphatic heterocycles. The number of likely N-dealkylation sites (tertiary alicyclic amines) is 1. The summed E-state index contributed by atoms with van der Waals surface area (Å²) in [5.74, 6) is -0.397. The Morgan fingerprint density at radius 1 is 1.37 bits per heavy atom. The summed E-state index contributed by atoms with van der Waals surface area (Å²) in [7, 11) is 3.09. The summed E-state index contributed by atoms with van der Waals surface area (Å²) < 4.78 is 4.49. The first kappa shape index (κ1) is 15.2. The Bertz CT molecular complexity index is 417. The highest BCUT2D eigenvalue weighted by atomic mass is 16.5. The first-order valence-corrected chi connectivity index (χ1v) is 6.38. The average molecular weight is 263 g/mol. The lowest BCUT2D eigenvalue weighted by Crippen LogP contribution is -2.24. The van der Waals surface area contributed by atoms with Crippen LogP contribution in [0.25, 0.3) is 0 Å².